The summed E-state index contributed by atoms with van der Waals surface area (Å²) < 4.78 is 6.77. The molecule has 0 aliphatic rings. The molecule has 0 radical (unpaired) electrons. The van der Waals surface area contributed by atoms with Gasteiger partial charge >= 0.3 is 0 Å². The number of rotatable bonds is 7. The van der Waals surface area contributed by atoms with Crippen molar-refractivity contribution in [2.24, 2.45) is 0 Å². The van der Waals surface area contributed by atoms with Crippen LogP contribution in [-0.4, -0.2) is 40.1 Å². The third-order valence-corrected chi connectivity index (χ3v) is 3.41. The highest BCUT2D eigenvalue weighted by molar-refractivity contribution is 7.80. The molecule has 0 saturated heterocycles. The molecule has 2 N–H and O–H groups in total. The van der Waals surface area contributed by atoms with E-state index in [-0.39, 0.29) is 0 Å². The number of ether oxygens (including phenoxy) is 1. The highest BCUT2D eigenvalue weighted by Crippen LogP contribution is 2.09. The van der Waals surface area contributed by atoms with Gasteiger partial charge in [0.05, 0.1) is 6.54 Å². The van der Waals surface area contributed by atoms with E-state index in [1.807, 2.05) is 12.1 Å². The molecular weight excluding hydrogens is 298 g/mol. The monoisotopic (exact) mass is 319 g/mol. The van der Waals surface area contributed by atoms with E-state index in [9.17, 15) is 0 Å². The lowest BCUT2D eigenvalue weighted by molar-refractivity contribution is 0.196. The number of aromatic nitrogens is 3. The van der Waals surface area contributed by atoms with E-state index in [2.05, 4.69) is 39.8 Å². The molecule has 0 spiro atoms. The Hall–Kier alpha value is -1.99. The lowest BCUT2D eigenvalue weighted by Gasteiger charge is -2.07. The molecule has 22 heavy (non-hydrogen) atoms. The maximum absolute atomic E-state index is 5.19. The standard InChI is InChI=1S/C15H21N5OS/c1-12-6-3-4-7-13(12)10-20-11-17-14(19-20)18-15(22)16-8-5-9-21-2/h3-4,6-7,11H,5,8-10H2,1-2H3,(H2,16,18,19,22). The van der Waals surface area contributed by atoms with Gasteiger partial charge in [-0.2, -0.15) is 0 Å². The number of aryl methyl sites for hydroxylation is 1. The van der Waals surface area contributed by atoms with Gasteiger partial charge in [-0.05, 0) is 36.7 Å². The first kappa shape index (κ1) is 16.4. The van der Waals surface area contributed by atoms with Crippen LogP contribution in [-0.2, 0) is 11.3 Å². The SMILES string of the molecule is COCCCNC(=S)Nc1ncn(Cc2ccccc2C)n1. The zero-order chi connectivity index (χ0) is 15.8. The molecule has 118 valence electrons. The lowest BCUT2D eigenvalue weighted by Crippen LogP contribution is -2.30. The molecule has 0 bridgehead atoms. The van der Waals surface area contributed by atoms with Gasteiger partial charge in [0.2, 0.25) is 5.95 Å². The summed E-state index contributed by atoms with van der Waals surface area (Å²) in [5.41, 5.74) is 2.46. The van der Waals surface area contributed by atoms with E-state index < -0.39 is 0 Å². The molecule has 2 rings (SSSR count). The average molecular weight is 319 g/mol. The first-order valence-electron chi connectivity index (χ1n) is 7.17. The van der Waals surface area contributed by atoms with Crippen molar-refractivity contribution in [2.75, 3.05) is 25.6 Å². The minimum Gasteiger partial charge on any atom is -0.385 e. The molecule has 7 heteroatoms. The maximum atomic E-state index is 5.19. The number of benzene rings is 1. The Morgan fingerprint density at radius 3 is 2.95 bits per heavy atom. The Morgan fingerprint density at radius 1 is 1.36 bits per heavy atom. The highest BCUT2D eigenvalue weighted by Gasteiger charge is 2.04. The predicted molar refractivity (Wildman–Crippen MR) is 91.0 cm³/mol. The molecular formula is C15H21N5OS. The first-order chi connectivity index (χ1) is 10.7. The van der Waals surface area contributed by atoms with Gasteiger partial charge in [-0.25, -0.2) is 9.67 Å². The molecule has 0 amide bonds. The van der Waals surface area contributed by atoms with Crippen LogP contribution in [0.4, 0.5) is 5.95 Å². The van der Waals surface area contributed by atoms with Crippen LogP contribution < -0.4 is 10.6 Å². The van der Waals surface area contributed by atoms with Gasteiger partial charge in [0, 0.05) is 20.3 Å². The molecule has 0 atom stereocenters. The van der Waals surface area contributed by atoms with Crippen LogP contribution in [0.25, 0.3) is 0 Å². The number of nitrogens with one attached hydrogen (secondary N) is 2. The molecule has 2 aromatic rings. The van der Waals surface area contributed by atoms with Crippen molar-refractivity contribution in [2.45, 2.75) is 19.9 Å². The number of anilines is 1. The zero-order valence-corrected chi connectivity index (χ0v) is 13.7. The number of hydrogen-bond donors (Lipinski definition) is 2. The summed E-state index contributed by atoms with van der Waals surface area (Å²) in [4.78, 5) is 4.21. The van der Waals surface area contributed by atoms with Gasteiger partial charge in [0.25, 0.3) is 0 Å². The molecule has 0 unspecified atom stereocenters. The predicted octanol–water partition coefficient (Wildman–Crippen LogP) is 1.96. The molecule has 1 aromatic heterocycles. The number of nitrogens with zero attached hydrogens (tertiary/aromatic N) is 3. The third-order valence-electron chi connectivity index (χ3n) is 3.17. The Kier molecular flexibility index (Phi) is 6.29. The molecule has 1 heterocycles. The van der Waals surface area contributed by atoms with Crippen LogP contribution in [0.3, 0.4) is 0 Å². The van der Waals surface area contributed by atoms with Crippen LogP contribution in [0, 0.1) is 6.92 Å². The van der Waals surface area contributed by atoms with Crippen LogP contribution in [0.15, 0.2) is 30.6 Å². The molecule has 0 fully saturated rings. The second kappa shape index (κ2) is 8.45. The zero-order valence-electron chi connectivity index (χ0n) is 12.9. The van der Waals surface area contributed by atoms with E-state index in [1.54, 1.807) is 18.1 Å². The number of hydrogen-bond acceptors (Lipinski definition) is 4. The van der Waals surface area contributed by atoms with Gasteiger partial charge in [0.15, 0.2) is 5.11 Å². The third kappa shape index (κ3) is 5.09. The van der Waals surface area contributed by atoms with E-state index in [0.29, 0.717) is 24.2 Å². The van der Waals surface area contributed by atoms with Gasteiger partial charge in [0.1, 0.15) is 6.33 Å². The van der Waals surface area contributed by atoms with Crippen LogP contribution in [0.2, 0.25) is 0 Å². The Bertz CT molecular complexity index is 613. The van der Waals surface area contributed by atoms with Crippen molar-refractivity contribution in [3.63, 3.8) is 0 Å². The quantitative estimate of drug-likeness (QED) is 0.601. The number of thiocarbonyl (C=S) groups is 1. The minimum absolute atomic E-state index is 0.498. The van der Waals surface area contributed by atoms with Crippen LogP contribution in [0.5, 0.6) is 0 Å². The van der Waals surface area contributed by atoms with Gasteiger partial charge in [-0.3, -0.25) is 5.32 Å². The van der Waals surface area contributed by atoms with Crippen LogP contribution in [0.1, 0.15) is 17.5 Å². The second-order valence-corrected chi connectivity index (χ2v) is 5.33. The van der Waals surface area contributed by atoms with Crippen LogP contribution >= 0.6 is 12.2 Å². The molecule has 6 nitrogen and oxygen atoms in total. The van der Waals surface area contributed by atoms with Crippen molar-refractivity contribution >= 4 is 23.3 Å². The molecule has 1 aromatic carbocycles. The van der Waals surface area contributed by atoms with Crippen molar-refractivity contribution in [3.8, 4) is 0 Å². The minimum atomic E-state index is 0.498. The van der Waals surface area contributed by atoms with Gasteiger partial charge in [-0.1, -0.05) is 24.3 Å². The fourth-order valence-electron chi connectivity index (χ4n) is 1.95. The van der Waals surface area contributed by atoms with E-state index >= 15 is 0 Å². The summed E-state index contributed by atoms with van der Waals surface area (Å²) >= 11 is 5.19. The van der Waals surface area contributed by atoms with E-state index in [1.165, 1.54) is 11.1 Å². The topological polar surface area (TPSA) is 64.0 Å². The maximum Gasteiger partial charge on any atom is 0.248 e. The summed E-state index contributed by atoms with van der Waals surface area (Å²) in [6.07, 6.45) is 2.59. The molecule has 0 saturated carbocycles. The fourth-order valence-corrected chi connectivity index (χ4v) is 2.15. The van der Waals surface area contributed by atoms with Gasteiger partial charge in [-0.15, -0.1) is 5.10 Å². The Balaban J connectivity index is 1.84. The van der Waals surface area contributed by atoms with Crippen molar-refractivity contribution in [3.05, 3.63) is 41.7 Å². The highest BCUT2D eigenvalue weighted by atomic mass is 32.1. The molecule has 0 aliphatic heterocycles. The lowest BCUT2D eigenvalue weighted by atomic mass is 10.1. The van der Waals surface area contributed by atoms with E-state index in [4.69, 9.17) is 17.0 Å². The summed E-state index contributed by atoms with van der Waals surface area (Å²) in [6.45, 7) is 4.24. The smallest absolute Gasteiger partial charge is 0.248 e. The van der Waals surface area contributed by atoms with Crippen molar-refractivity contribution in [1.82, 2.24) is 20.1 Å². The fraction of sp³-hybridized carbons (Fsp3) is 0.400. The largest absolute Gasteiger partial charge is 0.385 e. The number of methoxy groups -OCH3 is 1. The van der Waals surface area contributed by atoms with Gasteiger partial charge < -0.3 is 10.1 Å². The average Bonchev–Trinajstić information content (AvgIpc) is 2.93. The van der Waals surface area contributed by atoms with E-state index in [0.717, 1.165) is 13.0 Å². The normalized spacial score (nSPS) is 10.5. The first-order valence-corrected chi connectivity index (χ1v) is 7.57. The van der Waals surface area contributed by atoms with Crippen molar-refractivity contribution in [1.29, 1.82) is 0 Å². The summed E-state index contributed by atoms with van der Waals surface area (Å²) in [7, 11) is 1.68. The summed E-state index contributed by atoms with van der Waals surface area (Å²) in [5, 5.41) is 11.0. The summed E-state index contributed by atoms with van der Waals surface area (Å²) in [5.74, 6) is 0.498. The molecule has 0 aliphatic carbocycles. The summed E-state index contributed by atoms with van der Waals surface area (Å²) in [6, 6.07) is 8.23. The van der Waals surface area contributed by atoms with Crippen molar-refractivity contribution < 1.29 is 4.74 Å². The second-order valence-electron chi connectivity index (χ2n) is 4.92. The Labute approximate surface area is 135 Å². The Morgan fingerprint density at radius 2 is 2.18 bits per heavy atom.